The second-order valence-corrected chi connectivity index (χ2v) is 4.56. The Morgan fingerprint density at radius 3 is 2.59 bits per heavy atom. The van der Waals surface area contributed by atoms with E-state index in [1.54, 1.807) is 0 Å². The summed E-state index contributed by atoms with van der Waals surface area (Å²) in [7, 11) is 0. The summed E-state index contributed by atoms with van der Waals surface area (Å²) in [6.07, 6.45) is 2.03. The average Bonchev–Trinajstić information content (AvgIpc) is 2.31. The van der Waals surface area contributed by atoms with E-state index >= 15 is 0 Å². The fourth-order valence-electron chi connectivity index (χ4n) is 2.34. The molecule has 0 saturated carbocycles. The normalized spacial score (nSPS) is 21.0. The van der Waals surface area contributed by atoms with Gasteiger partial charge in [0.15, 0.2) is 0 Å². The highest BCUT2D eigenvalue weighted by atomic mass is 35.5. The second kappa shape index (κ2) is 6.77. The van der Waals surface area contributed by atoms with E-state index in [0.29, 0.717) is 18.2 Å². The third kappa shape index (κ3) is 3.83. The zero-order chi connectivity index (χ0) is 11.4. The molecule has 17 heavy (non-hydrogen) atoms. The minimum atomic E-state index is 0. The number of carbonyl (C=O) groups is 1. The number of likely N-dealkylation sites (tertiary alicyclic amines) is 1. The van der Waals surface area contributed by atoms with Crippen molar-refractivity contribution in [1.29, 1.82) is 0 Å². The molecule has 0 aromatic heterocycles. The van der Waals surface area contributed by atoms with Gasteiger partial charge in [0.2, 0.25) is 0 Å². The van der Waals surface area contributed by atoms with Crippen molar-refractivity contribution >= 4 is 18.2 Å². The van der Waals surface area contributed by atoms with Crippen LogP contribution < -0.4 is 0 Å². The Labute approximate surface area is 109 Å². The molecular weight excluding hydrogens is 234 g/mol. The van der Waals surface area contributed by atoms with E-state index in [4.69, 9.17) is 0 Å². The summed E-state index contributed by atoms with van der Waals surface area (Å²) in [6.45, 7) is 4.70. The Morgan fingerprint density at radius 2 is 2.00 bits per heavy atom. The molecule has 2 rings (SSSR count). The largest absolute Gasteiger partial charge is 0.298 e. The Bertz CT molecular complexity index is 352. The van der Waals surface area contributed by atoms with Crippen molar-refractivity contribution in [2.75, 3.05) is 13.1 Å². The SMILES string of the molecule is CCC1CCN(Cc2ccccc2)CC1=O.Cl. The van der Waals surface area contributed by atoms with Crippen LogP contribution >= 0.6 is 12.4 Å². The van der Waals surface area contributed by atoms with Gasteiger partial charge in [0.05, 0.1) is 6.54 Å². The number of carbonyl (C=O) groups excluding carboxylic acids is 1. The second-order valence-electron chi connectivity index (χ2n) is 4.56. The first-order valence-corrected chi connectivity index (χ1v) is 6.08. The lowest BCUT2D eigenvalue weighted by atomic mass is 9.93. The Kier molecular flexibility index (Phi) is 5.66. The molecule has 1 aliphatic rings. The lowest BCUT2D eigenvalue weighted by molar-refractivity contribution is -0.127. The minimum absolute atomic E-state index is 0. The number of rotatable bonds is 3. The molecule has 0 radical (unpaired) electrons. The predicted octanol–water partition coefficient (Wildman–Crippen LogP) is 2.91. The number of benzene rings is 1. The molecule has 3 heteroatoms. The molecule has 1 saturated heterocycles. The van der Waals surface area contributed by atoms with Crippen LogP contribution in [0.4, 0.5) is 0 Å². The molecule has 94 valence electrons. The molecular formula is C14H20ClNO. The first kappa shape index (κ1) is 14.2. The van der Waals surface area contributed by atoms with Crippen molar-refractivity contribution in [3.63, 3.8) is 0 Å². The van der Waals surface area contributed by atoms with Gasteiger partial charge in [-0.05, 0) is 24.9 Å². The highest BCUT2D eigenvalue weighted by Gasteiger charge is 2.25. The summed E-state index contributed by atoms with van der Waals surface area (Å²) in [6, 6.07) is 10.4. The van der Waals surface area contributed by atoms with Gasteiger partial charge in [-0.3, -0.25) is 9.69 Å². The van der Waals surface area contributed by atoms with Crippen molar-refractivity contribution < 1.29 is 4.79 Å². The number of hydrogen-bond donors (Lipinski definition) is 0. The molecule has 1 atom stereocenters. The lowest BCUT2D eigenvalue weighted by Gasteiger charge is -2.30. The summed E-state index contributed by atoms with van der Waals surface area (Å²) in [5.41, 5.74) is 1.30. The highest BCUT2D eigenvalue weighted by molar-refractivity contribution is 5.85. The van der Waals surface area contributed by atoms with Gasteiger partial charge in [-0.25, -0.2) is 0 Å². The summed E-state index contributed by atoms with van der Waals surface area (Å²) >= 11 is 0. The van der Waals surface area contributed by atoms with Crippen molar-refractivity contribution in [3.05, 3.63) is 35.9 Å². The monoisotopic (exact) mass is 253 g/mol. The quantitative estimate of drug-likeness (QED) is 0.826. The van der Waals surface area contributed by atoms with Gasteiger partial charge in [-0.15, -0.1) is 12.4 Å². The molecule has 1 unspecified atom stereocenters. The molecule has 1 aromatic rings. The first-order chi connectivity index (χ1) is 7.79. The molecule has 0 aliphatic carbocycles. The fourth-order valence-corrected chi connectivity index (χ4v) is 2.34. The van der Waals surface area contributed by atoms with Crippen LogP contribution in [0.5, 0.6) is 0 Å². The smallest absolute Gasteiger partial charge is 0.149 e. The maximum Gasteiger partial charge on any atom is 0.149 e. The van der Waals surface area contributed by atoms with Gasteiger partial charge < -0.3 is 0 Å². The van der Waals surface area contributed by atoms with Gasteiger partial charge in [0.1, 0.15) is 5.78 Å². The third-order valence-corrected chi connectivity index (χ3v) is 3.37. The molecule has 0 N–H and O–H groups in total. The standard InChI is InChI=1S/C14H19NO.ClH/c1-2-13-8-9-15(11-14(13)16)10-12-6-4-3-5-7-12;/h3-7,13H,2,8-11H2,1H3;1H. The summed E-state index contributed by atoms with van der Waals surface area (Å²) < 4.78 is 0. The van der Waals surface area contributed by atoms with Crippen LogP contribution in [0, 0.1) is 5.92 Å². The van der Waals surface area contributed by atoms with E-state index in [1.807, 2.05) is 6.07 Å². The van der Waals surface area contributed by atoms with Crippen LogP contribution in [-0.2, 0) is 11.3 Å². The molecule has 2 nitrogen and oxygen atoms in total. The molecule has 1 aromatic carbocycles. The molecule has 1 aliphatic heterocycles. The number of nitrogens with zero attached hydrogens (tertiary/aromatic N) is 1. The lowest BCUT2D eigenvalue weighted by Crippen LogP contribution is -2.40. The maximum absolute atomic E-state index is 11.8. The molecule has 1 heterocycles. The zero-order valence-corrected chi connectivity index (χ0v) is 11.1. The number of piperidine rings is 1. The summed E-state index contributed by atoms with van der Waals surface area (Å²) in [5.74, 6) is 0.733. The van der Waals surface area contributed by atoms with E-state index in [-0.39, 0.29) is 12.4 Å². The molecule has 0 spiro atoms. The fraction of sp³-hybridized carbons (Fsp3) is 0.500. The van der Waals surface area contributed by atoms with Crippen LogP contribution in [-0.4, -0.2) is 23.8 Å². The summed E-state index contributed by atoms with van der Waals surface area (Å²) in [5, 5.41) is 0. The van der Waals surface area contributed by atoms with E-state index in [9.17, 15) is 4.79 Å². The highest BCUT2D eigenvalue weighted by Crippen LogP contribution is 2.18. The molecule has 0 bridgehead atoms. The van der Waals surface area contributed by atoms with Crippen LogP contribution in [0.25, 0.3) is 0 Å². The topological polar surface area (TPSA) is 20.3 Å². The van der Waals surface area contributed by atoms with Crippen molar-refractivity contribution in [2.45, 2.75) is 26.3 Å². The van der Waals surface area contributed by atoms with Crippen LogP contribution in [0.2, 0.25) is 0 Å². The Morgan fingerprint density at radius 1 is 1.29 bits per heavy atom. The van der Waals surface area contributed by atoms with Crippen molar-refractivity contribution in [1.82, 2.24) is 4.90 Å². The van der Waals surface area contributed by atoms with Crippen LogP contribution in [0.15, 0.2) is 30.3 Å². The van der Waals surface area contributed by atoms with Gasteiger partial charge in [0.25, 0.3) is 0 Å². The third-order valence-electron chi connectivity index (χ3n) is 3.37. The van der Waals surface area contributed by atoms with Crippen molar-refractivity contribution in [2.24, 2.45) is 5.92 Å². The van der Waals surface area contributed by atoms with E-state index in [0.717, 1.165) is 25.9 Å². The molecule has 0 amide bonds. The van der Waals surface area contributed by atoms with E-state index < -0.39 is 0 Å². The zero-order valence-electron chi connectivity index (χ0n) is 10.3. The number of Topliss-reactive ketones (excluding diaryl/α,β-unsaturated/α-hetero) is 1. The molecule has 1 fully saturated rings. The van der Waals surface area contributed by atoms with Gasteiger partial charge >= 0.3 is 0 Å². The van der Waals surface area contributed by atoms with Crippen molar-refractivity contribution in [3.8, 4) is 0 Å². The summed E-state index contributed by atoms with van der Waals surface area (Å²) in [4.78, 5) is 14.0. The predicted molar refractivity (Wildman–Crippen MR) is 72.4 cm³/mol. The maximum atomic E-state index is 11.8. The number of ketones is 1. The Balaban J connectivity index is 0.00000144. The Hall–Kier alpha value is -0.860. The van der Waals surface area contributed by atoms with Crippen LogP contribution in [0.3, 0.4) is 0 Å². The van der Waals surface area contributed by atoms with Gasteiger partial charge in [0, 0.05) is 12.5 Å². The minimum Gasteiger partial charge on any atom is -0.298 e. The van der Waals surface area contributed by atoms with Crippen LogP contribution in [0.1, 0.15) is 25.3 Å². The van der Waals surface area contributed by atoms with E-state index in [1.165, 1.54) is 5.56 Å². The van der Waals surface area contributed by atoms with Gasteiger partial charge in [-0.2, -0.15) is 0 Å². The van der Waals surface area contributed by atoms with E-state index in [2.05, 4.69) is 36.1 Å². The number of halogens is 1. The van der Waals surface area contributed by atoms with Gasteiger partial charge in [-0.1, -0.05) is 37.3 Å². The average molecular weight is 254 g/mol. The first-order valence-electron chi connectivity index (χ1n) is 6.08. The number of hydrogen-bond acceptors (Lipinski definition) is 2.